The molecule has 2 nitrogen and oxygen atoms in total. The second-order valence-electron chi connectivity index (χ2n) is 18.3. The molecule has 0 saturated carbocycles. The van der Waals surface area contributed by atoms with E-state index in [1.165, 1.54) is 64.3 Å². The first kappa shape index (κ1) is 43.9. The molecule has 0 bridgehead atoms. The Kier molecular flexibility index (Phi) is 13.3. The van der Waals surface area contributed by atoms with Crippen molar-refractivity contribution < 1.29 is 29.2 Å². The van der Waals surface area contributed by atoms with Gasteiger partial charge in [-0.25, -0.2) is 0 Å². The van der Waals surface area contributed by atoms with Gasteiger partial charge in [0.2, 0.25) is 0 Å². The Balaban J connectivity index is 0.000000223. The second kappa shape index (κ2) is 17.3. The number of benzene rings is 4. The molecule has 0 saturated heterocycles. The molecule has 7 aromatic rings. The molecule has 299 valence electrons. The SMILES string of the molecule is [CH2-]c1cc(C(C)C)ccc1-c1cc(C(C)C)c([Si](C)(C)C)c[n+]1[CH2-].[CH2-]c1ccc2c(sc3cc(-c4ccccc4)ccc32)c1-c1cc(CC(C)(C)C)cc[n+]1[CH2-].[Ir]. The zero-order valence-electron chi connectivity index (χ0n) is 35.7. The van der Waals surface area contributed by atoms with Crippen LogP contribution in [0.5, 0.6) is 0 Å². The Labute approximate surface area is 362 Å². The smallest absolute Gasteiger partial charge is 0.0709 e. The Bertz CT molecular complexity index is 2520. The summed E-state index contributed by atoms with van der Waals surface area (Å²) in [6.45, 7) is 31.7. The molecule has 1 radical (unpaired) electrons. The van der Waals surface area contributed by atoms with E-state index in [0.29, 0.717) is 11.8 Å². The number of rotatable bonds is 7. The van der Waals surface area contributed by atoms with E-state index >= 15 is 0 Å². The van der Waals surface area contributed by atoms with Crippen LogP contribution in [0, 0.1) is 33.4 Å². The van der Waals surface area contributed by atoms with Gasteiger partial charge in [0.1, 0.15) is 0 Å². The zero-order chi connectivity index (χ0) is 40.7. The summed E-state index contributed by atoms with van der Waals surface area (Å²) in [6.07, 6.45) is 5.36. The number of hydrogen-bond acceptors (Lipinski definition) is 1. The summed E-state index contributed by atoms with van der Waals surface area (Å²) in [5.74, 6) is 1.03. The van der Waals surface area contributed by atoms with Gasteiger partial charge in [0.25, 0.3) is 0 Å². The van der Waals surface area contributed by atoms with E-state index in [1.807, 2.05) is 20.5 Å². The molecule has 4 aromatic carbocycles. The predicted molar refractivity (Wildman–Crippen MR) is 247 cm³/mol. The van der Waals surface area contributed by atoms with Crippen molar-refractivity contribution in [3.8, 4) is 33.6 Å². The Morgan fingerprint density at radius 3 is 1.98 bits per heavy atom. The maximum Gasteiger partial charge on any atom is 0.0709 e. The third kappa shape index (κ3) is 9.73. The third-order valence-electron chi connectivity index (χ3n) is 10.6. The molecule has 0 aliphatic carbocycles. The topological polar surface area (TPSA) is 7.76 Å². The number of pyridine rings is 2. The predicted octanol–water partition coefficient (Wildman–Crippen LogP) is 13.3. The van der Waals surface area contributed by atoms with Gasteiger partial charge in [-0.3, -0.25) is 0 Å². The van der Waals surface area contributed by atoms with Crippen LogP contribution in [0.2, 0.25) is 19.6 Å². The van der Waals surface area contributed by atoms with Crippen LogP contribution in [-0.4, -0.2) is 8.07 Å². The minimum atomic E-state index is -1.41. The van der Waals surface area contributed by atoms with Crippen LogP contribution in [0.1, 0.15) is 88.1 Å². The van der Waals surface area contributed by atoms with E-state index in [9.17, 15) is 0 Å². The maximum absolute atomic E-state index is 4.39. The van der Waals surface area contributed by atoms with Crippen LogP contribution in [0.25, 0.3) is 53.8 Å². The van der Waals surface area contributed by atoms with Crippen LogP contribution in [0.15, 0.2) is 109 Å². The van der Waals surface area contributed by atoms with Gasteiger partial charge in [-0.1, -0.05) is 152 Å². The van der Waals surface area contributed by atoms with Gasteiger partial charge in [0.05, 0.1) is 31.9 Å². The van der Waals surface area contributed by atoms with Gasteiger partial charge in [0.15, 0.2) is 0 Å². The molecular weight excluding hydrogens is 905 g/mol. The van der Waals surface area contributed by atoms with Crippen molar-refractivity contribution in [2.24, 2.45) is 5.41 Å². The summed E-state index contributed by atoms with van der Waals surface area (Å²) < 4.78 is 6.60. The molecule has 0 unspecified atom stereocenters. The first-order valence-electron chi connectivity index (χ1n) is 19.9. The minimum Gasteiger partial charge on any atom is -0.343 e. The minimum absolute atomic E-state index is 0. The average Bonchev–Trinajstić information content (AvgIpc) is 3.50. The summed E-state index contributed by atoms with van der Waals surface area (Å²) in [6, 6.07) is 35.2. The summed E-state index contributed by atoms with van der Waals surface area (Å²) in [5, 5.41) is 4.08. The monoisotopic (exact) mass is 965 g/mol. The molecule has 3 heterocycles. The first-order chi connectivity index (χ1) is 26.3. The van der Waals surface area contributed by atoms with Crippen LogP contribution < -0.4 is 14.3 Å². The molecular formula is C52H60IrN2SSi-2. The number of aromatic nitrogens is 2. The zero-order valence-corrected chi connectivity index (χ0v) is 39.9. The fraction of sp³-hybridized carbons (Fsp3) is 0.269. The van der Waals surface area contributed by atoms with Gasteiger partial charge in [-0.15, -0.1) is 34.6 Å². The number of thiophene rings is 1. The van der Waals surface area contributed by atoms with Crippen LogP contribution >= 0.6 is 11.3 Å². The van der Waals surface area contributed by atoms with E-state index in [0.717, 1.165) is 28.9 Å². The van der Waals surface area contributed by atoms with Crippen molar-refractivity contribution >= 4 is 44.8 Å². The molecule has 0 fully saturated rings. The van der Waals surface area contributed by atoms with Crippen molar-refractivity contribution in [2.75, 3.05) is 0 Å². The Hall–Kier alpha value is -4.25. The van der Waals surface area contributed by atoms with Gasteiger partial charge in [0, 0.05) is 38.9 Å². The summed E-state index contributed by atoms with van der Waals surface area (Å²) >= 11 is 1.85. The fourth-order valence-electron chi connectivity index (χ4n) is 7.65. The van der Waals surface area contributed by atoms with Crippen LogP contribution in [0.4, 0.5) is 0 Å². The summed E-state index contributed by atoms with van der Waals surface area (Å²) in [7, 11) is 7.16. The molecule has 7 rings (SSSR count). The molecule has 0 atom stereocenters. The Morgan fingerprint density at radius 1 is 0.684 bits per heavy atom. The van der Waals surface area contributed by atoms with Gasteiger partial charge < -0.3 is 9.13 Å². The van der Waals surface area contributed by atoms with E-state index in [2.05, 4.69) is 206 Å². The molecule has 0 N–H and O–H groups in total. The Morgan fingerprint density at radius 2 is 1.37 bits per heavy atom. The quantitative estimate of drug-likeness (QED) is 0.0854. The van der Waals surface area contributed by atoms with Gasteiger partial charge >= 0.3 is 0 Å². The number of nitrogens with zero attached hydrogens (tertiary/aromatic N) is 2. The second-order valence-corrected chi connectivity index (χ2v) is 24.3. The van der Waals surface area contributed by atoms with Crippen molar-refractivity contribution in [1.29, 1.82) is 0 Å². The van der Waals surface area contributed by atoms with Crippen LogP contribution in [0.3, 0.4) is 0 Å². The van der Waals surface area contributed by atoms with E-state index in [1.54, 1.807) is 0 Å². The number of fused-ring (bicyclic) bond motifs is 3. The first-order valence-corrected chi connectivity index (χ1v) is 24.2. The van der Waals surface area contributed by atoms with Crippen molar-refractivity contribution in [3.05, 3.63) is 165 Å². The third-order valence-corrected chi connectivity index (χ3v) is 13.8. The summed E-state index contributed by atoms with van der Waals surface area (Å²) in [4.78, 5) is 0. The standard InChI is InChI=1S/C30H28NS.C22H32NSi.Ir/c1-20-11-13-25-24-14-12-23(22-9-7-6-8-10-22)18-27(24)32-29(25)28(20)26-17-21(15-16-31(26)5)19-30(2,3)4;1-15(2)18-10-11-19(17(5)12-18)21-13-20(16(3)4)22(14-23(21)6)24(7,8)9;/h6-18H,1,5,19H2,2-4H3;10-16H,5-6H2,1-4,7-9H3;/q2*-1;. The van der Waals surface area contributed by atoms with E-state index in [-0.39, 0.29) is 25.5 Å². The van der Waals surface area contributed by atoms with Gasteiger partial charge in [-0.2, -0.15) is 37.1 Å². The fourth-order valence-corrected chi connectivity index (χ4v) is 10.7. The molecule has 0 aliphatic rings. The maximum atomic E-state index is 4.39. The van der Waals surface area contributed by atoms with Crippen molar-refractivity contribution in [1.82, 2.24) is 0 Å². The number of hydrogen-bond donors (Lipinski definition) is 0. The van der Waals surface area contributed by atoms with E-state index < -0.39 is 8.07 Å². The molecule has 0 amide bonds. The average molecular weight is 965 g/mol. The van der Waals surface area contributed by atoms with Gasteiger partial charge in [-0.05, 0) is 61.5 Å². The van der Waals surface area contributed by atoms with Crippen LogP contribution in [-0.2, 0) is 26.5 Å². The molecule has 0 aliphatic heterocycles. The molecule has 0 spiro atoms. The summed E-state index contributed by atoms with van der Waals surface area (Å²) in [5.41, 5.74) is 13.6. The largest absolute Gasteiger partial charge is 0.343 e. The molecule has 3 aromatic heterocycles. The molecule has 5 heteroatoms. The van der Waals surface area contributed by atoms with E-state index in [4.69, 9.17) is 0 Å². The normalized spacial score (nSPS) is 11.9. The van der Waals surface area contributed by atoms with Crippen molar-refractivity contribution in [2.45, 2.75) is 86.4 Å². The molecule has 57 heavy (non-hydrogen) atoms. The van der Waals surface area contributed by atoms with Crippen molar-refractivity contribution in [3.63, 3.8) is 0 Å².